The van der Waals surface area contributed by atoms with Gasteiger partial charge in [-0.25, -0.2) is 0 Å². The van der Waals surface area contributed by atoms with E-state index in [1.54, 1.807) is 17.2 Å². The highest BCUT2D eigenvalue weighted by atomic mass is 16.7. The molecule has 2 aliphatic rings. The number of carbonyl (C=O) groups is 2. The van der Waals surface area contributed by atoms with Crippen molar-refractivity contribution < 1.29 is 19.1 Å². The Morgan fingerprint density at radius 2 is 2.03 bits per heavy atom. The SMILES string of the molecule is O=C(NCc1ccc2c(c1)OCO2)C1CCCN(C(=O)c2cc(-c3ccccn3)n[nH]2)C1. The normalized spacial score (nSPS) is 17.2. The fourth-order valence-corrected chi connectivity index (χ4v) is 4.01. The molecule has 2 aliphatic heterocycles. The number of aromatic amines is 1. The van der Waals surface area contributed by atoms with Crippen LogP contribution >= 0.6 is 0 Å². The molecule has 2 aromatic heterocycles. The van der Waals surface area contributed by atoms with Crippen molar-refractivity contribution in [2.45, 2.75) is 19.4 Å². The maximum absolute atomic E-state index is 13.0. The highest BCUT2D eigenvalue weighted by Crippen LogP contribution is 2.32. The Balaban J connectivity index is 1.19. The van der Waals surface area contributed by atoms with Crippen molar-refractivity contribution in [1.29, 1.82) is 0 Å². The maximum Gasteiger partial charge on any atom is 0.271 e. The fourth-order valence-electron chi connectivity index (χ4n) is 4.01. The topological polar surface area (TPSA) is 109 Å². The van der Waals surface area contributed by atoms with Gasteiger partial charge in [0.05, 0.1) is 11.6 Å². The van der Waals surface area contributed by atoms with Gasteiger partial charge in [0.2, 0.25) is 12.7 Å². The fraction of sp³-hybridized carbons (Fsp3) is 0.304. The first kappa shape index (κ1) is 20.0. The highest BCUT2D eigenvalue weighted by Gasteiger charge is 2.29. The quantitative estimate of drug-likeness (QED) is 0.639. The van der Waals surface area contributed by atoms with Crippen LogP contribution in [0.3, 0.4) is 0 Å². The van der Waals surface area contributed by atoms with Gasteiger partial charge in [0.15, 0.2) is 11.5 Å². The molecule has 1 atom stereocenters. The lowest BCUT2D eigenvalue weighted by atomic mass is 9.96. The molecule has 1 aromatic carbocycles. The van der Waals surface area contributed by atoms with Crippen LogP contribution in [0.25, 0.3) is 11.4 Å². The molecule has 2 amide bonds. The molecule has 0 saturated carbocycles. The number of carbonyl (C=O) groups excluding carboxylic acids is 2. The minimum Gasteiger partial charge on any atom is -0.454 e. The summed E-state index contributed by atoms with van der Waals surface area (Å²) < 4.78 is 10.7. The Labute approximate surface area is 184 Å². The van der Waals surface area contributed by atoms with E-state index in [-0.39, 0.29) is 24.5 Å². The van der Waals surface area contributed by atoms with Gasteiger partial charge in [0, 0.05) is 25.8 Å². The number of fused-ring (bicyclic) bond motifs is 1. The molecule has 2 N–H and O–H groups in total. The summed E-state index contributed by atoms with van der Waals surface area (Å²) in [4.78, 5) is 31.7. The van der Waals surface area contributed by atoms with Crippen LogP contribution in [0, 0.1) is 5.92 Å². The predicted octanol–water partition coefficient (Wildman–Crippen LogP) is 2.37. The molecule has 0 spiro atoms. The molecule has 9 heteroatoms. The zero-order valence-electron chi connectivity index (χ0n) is 17.4. The van der Waals surface area contributed by atoms with E-state index >= 15 is 0 Å². The minimum atomic E-state index is -0.250. The number of benzene rings is 1. The van der Waals surface area contributed by atoms with Gasteiger partial charge in [-0.1, -0.05) is 12.1 Å². The molecule has 1 fully saturated rings. The van der Waals surface area contributed by atoms with Crippen LogP contribution in [0.4, 0.5) is 0 Å². The number of pyridine rings is 1. The van der Waals surface area contributed by atoms with E-state index in [1.807, 2.05) is 36.4 Å². The smallest absolute Gasteiger partial charge is 0.271 e. The number of amides is 2. The van der Waals surface area contributed by atoms with E-state index in [1.165, 1.54) is 0 Å². The molecule has 164 valence electrons. The van der Waals surface area contributed by atoms with Gasteiger partial charge >= 0.3 is 0 Å². The largest absolute Gasteiger partial charge is 0.454 e. The van der Waals surface area contributed by atoms with Crippen molar-refractivity contribution in [2.24, 2.45) is 5.92 Å². The van der Waals surface area contributed by atoms with Crippen LogP contribution in [0.1, 0.15) is 28.9 Å². The third-order valence-corrected chi connectivity index (χ3v) is 5.72. The summed E-state index contributed by atoms with van der Waals surface area (Å²) in [7, 11) is 0. The number of hydrogen-bond acceptors (Lipinski definition) is 6. The average Bonchev–Trinajstić information content (AvgIpc) is 3.52. The summed E-state index contributed by atoms with van der Waals surface area (Å²) in [5, 5.41) is 10.0. The Bertz CT molecular complexity index is 1130. The van der Waals surface area contributed by atoms with Gasteiger partial charge in [-0.2, -0.15) is 5.10 Å². The monoisotopic (exact) mass is 433 g/mol. The molecule has 3 aromatic rings. The average molecular weight is 433 g/mol. The molecule has 9 nitrogen and oxygen atoms in total. The van der Waals surface area contributed by atoms with Gasteiger partial charge < -0.3 is 19.7 Å². The number of piperidine rings is 1. The molecule has 32 heavy (non-hydrogen) atoms. The first-order valence-corrected chi connectivity index (χ1v) is 10.6. The van der Waals surface area contributed by atoms with E-state index in [2.05, 4.69) is 20.5 Å². The van der Waals surface area contributed by atoms with E-state index in [4.69, 9.17) is 9.47 Å². The number of rotatable bonds is 5. The molecule has 0 aliphatic carbocycles. The van der Waals surface area contributed by atoms with E-state index in [0.29, 0.717) is 48.2 Å². The minimum absolute atomic E-state index is 0.0565. The lowest BCUT2D eigenvalue weighted by Gasteiger charge is -2.31. The van der Waals surface area contributed by atoms with Gasteiger partial charge in [0.1, 0.15) is 11.4 Å². The molecule has 5 rings (SSSR count). The van der Waals surface area contributed by atoms with Crippen molar-refractivity contribution >= 4 is 11.8 Å². The Morgan fingerprint density at radius 1 is 1.12 bits per heavy atom. The lowest BCUT2D eigenvalue weighted by molar-refractivity contribution is -0.126. The number of H-pyrrole nitrogens is 1. The van der Waals surface area contributed by atoms with Crippen molar-refractivity contribution in [2.75, 3.05) is 19.9 Å². The zero-order chi connectivity index (χ0) is 21.9. The van der Waals surface area contributed by atoms with Crippen molar-refractivity contribution in [3.05, 3.63) is 59.9 Å². The second-order valence-corrected chi connectivity index (χ2v) is 7.88. The molecule has 1 saturated heterocycles. The van der Waals surface area contributed by atoms with E-state index in [9.17, 15) is 9.59 Å². The number of nitrogens with zero attached hydrogens (tertiary/aromatic N) is 3. The van der Waals surface area contributed by atoms with Crippen molar-refractivity contribution in [3.63, 3.8) is 0 Å². The number of aromatic nitrogens is 3. The van der Waals surface area contributed by atoms with Crippen molar-refractivity contribution in [1.82, 2.24) is 25.4 Å². The summed E-state index contributed by atoms with van der Waals surface area (Å²) in [6, 6.07) is 12.9. The molecular formula is C23H23N5O4. The highest BCUT2D eigenvalue weighted by molar-refractivity contribution is 5.93. The van der Waals surface area contributed by atoms with Crippen LogP contribution in [0.5, 0.6) is 11.5 Å². The molecular weight excluding hydrogens is 410 g/mol. The summed E-state index contributed by atoms with van der Waals surface area (Å²) in [6.45, 7) is 1.61. The van der Waals surface area contributed by atoms with Crippen LogP contribution in [-0.2, 0) is 11.3 Å². The number of nitrogens with one attached hydrogen (secondary N) is 2. The van der Waals surface area contributed by atoms with Crippen LogP contribution in [0.2, 0.25) is 0 Å². The molecule has 0 radical (unpaired) electrons. The van der Waals surface area contributed by atoms with Gasteiger partial charge in [-0.3, -0.25) is 19.7 Å². The van der Waals surface area contributed by atoms with Gasteiger partial charge in [-0.15, -0.1) is 0 Å². The zero-order valence-corrected chi connectivity index (χ0v) is 17.4. The van der Waals surface area contributed by atoms with E-state index in [0.717, 1.165) is 18.4 Å². The Kier molecular flexibility index (Phi) is 5.45. The summed E-state index contributed by atoms with van der Waals surface area (Å²) in [5.41, 5.74) is 2.64. The van der Waals surface area contributed by atoms with Crippen LogP contribution in [0.15, 0.2) is 48.7 Å². The Hall–Kier alpha value is -3.88. The third-order valence-electron chi connectivity index (χ3n) is 5.72. The summed E-state index contributed by atoms with van der Waals surface area (Å²) in [6.07, 6.45) is 3.21. The lowest BCUT2D eigenvalue weighted by Crippen LogP contribution is -2.45. The summed E-state index contributed by atoms with van der Waals surface area (Å²) in [5.74, 6) is 0.939. The van der Waals surface area contributed by atoms with Crippen molar-refractivity contribution in [3.8, 4) is 22.9 Å². The summed E-state index contributed by atoms with van der Waals surface area (Å²) >= 11 is 0. The first-order chi connectivity index (χ1) is 15.7. The number of hydrogen-bond donors (Lipinski definition) is 2. The number of likely N-dealkylation sites (tertiary alicyclic amines) is 1. The van der Waals surface area contributed by atoms with Crippen LogP contribution < -0.4 is 14.8 Å². The second-order valence-electron chi connectivity index (χ2n) is 7.88. The predicted molar refractivity (Wildman–Crippen MR) is 115 cm³/mol. The standard InChI is InChI=1S/C23H23N5O4/c29-22(25-12-15-6-7-20-21(10-15)32-14-31-20)16-4-3-9-28(13-16)23(30)19-11-18(26-27-19)17-5-1-2-8-24-17/h1-2,5-8,10-11,16H,3-4,9,12-14H2,(H,25,29)(H,26,27). The third kappa shape index (κ3) is 4.14. The maximum atomic E-state index is 13.0. The second kappa shape index (κ2) is 8.70. The van der Waals surface area contributed by atoms with Crippen LogP contribution in [-0.4, -0.2) is 51.8 Å². The van der Waals surface area contributed by atoms with Gasteiger partial charge in [0.25, 0.3) is 5.91 Å². The molecule has 0 bridgehead atoms. The Morgan fingerprint density at radius 3 is 2.91 bits per heavy atom. The first-order valence-electron chi connectivity index (χ1n) is 10.6. The number of ether oxygens (including phenoxy) is 2. The van der Waals surface area contributed by atoms with Gasteiger partial charge in [-0.05, 0) is 48.7 Å². The molecule has 1 unspecified atom stereocenters. The van der Waals surface area contributed by atoms with E-state index < -0.39 is 0 Å². The molecule has 4 heterocycles.